The lowest BCUT2D eigenvalue weighted by atomic mass is 10.1. The highest BCUT2D eigenvalue weighted by atomic mass is 16.5. The first-order valence-corrected chi connectivity index (χ1v) is 3.86. The van der Waals surface area contributed by atoms with Crippen LogP contribution in [0, 0.1) is 0 Å². The van der Waals surface area contributed by atoms with Crippen molar-refractivity contribution in [3.63, 3.8) is 0 Å². The standard InChI is InChI=1S/C9H12N2O2/c1-13-8-3-2-6(9(11)12)4-7(8)5-10/h2-4H,5,10H2,1H3,(H2,11,12). The Balaban J connectivity index is 3.13. The van der Waals surface area contributed by atoms with E-state index in [0.717, 1.165) is 5.56 Å². The normalized spacial score (nSPS) is 9.69. The number of ether oxygens (including phenoxy) is 1. The minimum Gasteiger partial charge on any atom is -0.496 e. The van der Waals surface area contributed by atoms with Crippen LogP contribution in [0.1, 0.15) is 15.9 Å². The zero-order valence-corrected chi connectivity index (χ0v) is 7.41. The molecule has 0 aliphatic rings. The molecule has 0 aromatic heterocycles. The SMILES string of the molecule is COc1ccc(C(N)=O)cc1CN. The number of carbonyl (C=O) groups excluding carboxylic acids is 1. The second-order valence-electron chi connectivity index (χ2n) is 2.60. The van der Waals surface area contributed by atoms with Crippen LogP contribution in [-0.2, 0) is 6.54 Å². The minimum atomic E-state index is -0.461. The Hall–Kier alpha value is -1.55. The van der Waals surface area contributed by atoms with Gasteiger partial charge in [0.15, 0.2) is 0 Å². The summed E-state index contributed by atoms with van der Waals surface area (Å²) in [7, 11) is 1.55. The van der Waals surface area contributed by atoms with Gasteiger partial charge >= 0.3 is 0 Å². The van der Waals surface area contributed by atoms with Gasteiger partial charge in [-0.1, -0.05) is 0 Å². The van der Waals surface area contributed by atoms with E-state index in [1.807, 2.05) is 0 Å². The lowest BCUT2D eigenvalue weighted by Crippen LogP contribution is -2.12. The number of hydrogen-bond acceptors (Lipinski definition) is 3. The van der Waals surface area contributed by atoms with Crippen LogP contribution < -0.4 is 16.2 Å². The van der Waals surface area contributed by atoms with Crippen LogP contribution in [0.25, 0.3) is 0 Å². The van der Waals surface area contributed by atoms with Crippen molar-refractivity contribution in [1.29, 1.82) is 0 Å². The molecule has 13 heavy (non-hydrogen) atoms. The molecule has 4 heteroatoms. The average Bonchev–Trinajstić information content (AvgIpc) is 2.16. The van der Waals surface area contributed by atoms with Crippen molar-refractivity contribution in [2.75, 3.05) is 7.11 Å². The number of benzene rings is 1. The second kappa shape index (κ2) is 3.91. The molecule has 1 amide bonds. The van der Waals surface area contributed by atoms with E-state index in [0.29, 0.717) is 17.9 Å². The number of amides is 1. The van der Waals surface area contributed by atoms with Crippen LogP contribution in [0.2, 0.25) is 0 Å². The molecule has 0 saturated heterocycles. The van der Waals surface area contributed by atoms with Gasteiger partial charge in [-0.05, 0) is 18.2 Å². The van der Waals surface area contributed by atoms with Gasteiger partial charge < -0.3 is 16.2 Å². The quantitative estimate of drug-likeness (QED) is 0.700. The molecule has 0 atom stereocenters. The first-order chi connectivity index (χ1) is 6.19. The highest BCUT2D eigenvalue weighted by Crippen LogP contribution is 2.18. The molecule has 0 aliphatic heterocycles. The first-order valence-electron chi connectivity index (χ1n) is 3.86. The molecule has 0 unspecified atom stereocenters. The molecular formula is C9H12N2O2. The van der Waals surface area contributed by atoms with E-state index < -0.39 is 5.91 Å². The van der Waals surface area contributed by atoms with Crippen molar-refractivity contribution >= 4 is 5.91 Å². The summed E-state index contributed by atoms with van der Waals surface area (Å²) in [5.74, 6) is 0.213. The van der Waals surface area contributed by atoms with Gasteiger partial charge in [-0.15, -0.1) is 0 Å². The molecule has 1 rings (SSSR count). The van der Waals surface area contributed by atoms with Crippen LogP contribution in [0.3, 0.4) is 0 Å². The Morgan fingerprint density at radius 2 is 2.23 bits per heavy atom. The predicted molar refractivity (Wildman–Crippen MR) is 49.4 cm³/mol. The molecule has 0 bridgehead atoms. The summed E-state index contributed by atoms with van der Waals surface area (Å²) in [5.41, 5.74) is 11.8. The Morgan fingerprint density at radius 3 is 2.69 bits per heavy atom. The summed E-state index contributed by atoms with van der Waals surface area (Å²) in [6, 6.07) is 4.93. The number of carbonyl (C=O) groups is 1. The van der Waals surface area contributed by atoms with Crippen molar-refractivity contribution in [2.45, 2.75) is 6.54 Å². The largest absolute Gasteiger partial charge is 0.496 e. The maximum absolute atomic E-state index is 10.8. The van der Waals surface area contributed by atoms with Crippen molar-refractivity contribution in [3.05, 3.63) is 29.3 Å². The van der Waals surface area contributed by atoms with Gasteiger partial charge in [-0.25, -0.2) is 0 Å². The lowest BCUT2D eigenvalue weighted by molar-refractivity contribution is 0.1000. The molecule has 0 spiro atoms. The van der Waals surface area contributed by atoms with Crippen molar-refractivity contribution < 1.29 is 9.53 Å². The number of rotatable bonds is 3. The maximum atomic E-state index is 10.8. The maximum Gasteiger partial charge on any atom is 0.248 e. The third-order valence-corrected chi connectivity index (χ3v) is 1.78. The minimum absolute atomic E-state index is 0.324. The molecule has 0 fully saturated rings. The molecule has 1 aromatic carbocycles. The Morgan fingerprint density at radius 1 is 1.54 bits per heavy atom. The van der Waals surface area contributed by atoms with E-state index >= 15 is 0 Å². The molecule has 0 saturated carbocycles. The Bertz CT molecular complexity index is 323. The molecule has 4 nitrogen and oxygen atoms in total. The highest BCUT2D eigenvalue weighted by molar-refractivity contribution is 5.93. The monoisotopic (exact) mass is 180 g/mol. The van der Waals surface area contributed by atoms with Crippen molar-refractivity contribution in [1.82, 2.24) is 0 Å². The van der Waals surface area contributed by atoms with Gasteiger partial charge in [-0.2, -0.15) is 0 Å². The van der Waals surface area contributed by atoms with Crippen LogP contribution in [-0.4, -0.2) is 13.0 Å². The van der Waals surface area contributed by atoms with Gasteiger partial charge in [0.1, 0.15) is 5.75 Å². The Kier molecular flexibility index (Phi) is 2.87. The van der Waals surface area contributed by atoms with Crippen LogP contribution in [0.5, 0.6) is 5.75 Å². The summed E-state index contributed by atoms with van der Waals surface area (Å²) in [6.45, 7) is 0.324. The van der Waals surface area contributed by atoms with E-state index in [1.54, 1.807) is 25.3 Å². The molecular weight excluding hydrogens is 168 g/mol. The summed E-state index contributed by atoms with van der Waals surface area (Å²) in [5, 5.41) is 0. The molecule has 0 radical (unpaired) electrons. The third-order valence-electron chi connectivity index (χ3n) is 1.78. The van der Waals surface area contributed by atoms with Crippen molar-refractivity contribution in [2.24, 2.45) is 11.5 Å². The van der Waals surface area contributed by atoms with E-state index in [4.69, 9.17) is 16.2 Å². The number of methoxy groups -OCH3 is 1. The fourth-order valence-electron chi connectivity index (χ4n) is 1.09. The number of nitrogens with two attached hydrogens (primary N) is 2. The van der Waals surface area contributed by atoms with E-state index in [-0.39, 0.29) is 0 Å². The molecule has 4 N–H and O–H groups in total. The molecule has 0 aliphatic carbocycles. The predicted octanol–water partition coefficient (Wildman–Crippen LogP) is 0.253. The van der Waals surface area contributed by atoms with E-state index in [2.05, 4.69) is 0 Å². The van der Waals surface area contributed by atoms with Gasteiger partial charge in [0.2, 0.25) is 5.91 Å². The zero-order chi connectivity index (χ0) is 9.84. The number of hydrogen-bond donors (Lipinski definition) is 2. The van der Waals surface area contributed by atoms with Gasteiger partial charge in [0.25, 0.3) is 0 Å². The van der Waals surface area contributed by atoms with E-state index in [1.165, 1.54) is 0 Å². The van der Waals surface area contributed by atoms with Gasteiger partial charge in [-0.3, -0.25) is 4.79 Å². The third kappa shape index (κ3) is 1.97. The zero-order valence-electron chi connectivity index (χ0n) is 7.41. The van der Waals surface area contributed by atoms with Crippen LogP contribution in [0.15, 0.2) is 18.2 Å². The highest BCUT2D eigenvalue weighted by Gasteiger charge is 2.05. The van der Waals surface area contributed by atoms with Crippen LogP contribution in [0.4, 0.5) is 0 Å². The summed E-state index contributed by atoms with van der Waals surface area (Å²) in [6.07, 6.45) is 0. The fraction of sp³-hybridized carbons (Fsp3) is 0.222. The summed E-state index contributed by atoms with van der Waals surface area (Å²) >= 11 is 0. The molecule has 1 aromatic rings. The second-order valence-corrected chi connectivity index (χ2v) is 2.60. The topological polar surface area (TPSA) is 78.3 Å². The first kappa shape index (κ1) is 9.54. The van der Waals surface area contributed by atoms with Gasteiger partial charge in [0, 0.05) is 17.7 Å². The molecule has 0 heterocycles. The summed E-state index contributed by atoms with van der Waals surface area (Å²) < 4.78 is 5.04. The van der Waals surface area contributed by atoms with E-state index in [9.17, 15) is 4.79 Å². The smallest absolute Gasteiger partial charge is 0.248 e. The van der Waals surface area contributed by atoms with Gasteiger partial charge in [0.05, 0.1) is 7.11 Å². The number of primary amides is 1. The fourth-order valence-corrected chi connectivity index (χ4v) is 1.09. The molecule has 70 valence electrons. The Labute approximate surface area is 76.5 Å². The lowest BCUT2D eigenvalue weighted by Gasteiger charge is -2.06. The van der Waals surface area contributed by atoms with Crippen molar-refractivity contribution in [3.8, 4) is 5.75 Å². The summed E-state index contributed by atoms with van der Waals surface area (Å²) in [4.78, 5) is 10.8. The average molecular weight is 180 g/mol. The van der Waals surface area contributed by atoms with Crippen LogP contribution >= 0.6 is 0 Å².